The van der Waals surface area contributed by atoms with Crippen LogP contribution in [-0.4, -0.2) is 37.8 Å². The number of imidazole rings is 1. The highest BCUT2D eigenvalue weighted by atomic mass is 16.5. The maximum Gasteiger partial charge on any atom is 0.257 e. The number of hydrogen-bond acceptors (Lipinski definition) is 6. The minimum absolute atomic E-state index is 0.233. The third kappa shape index (κ3) is 4.46. The van der Waals surface area contributed by atoms with Gasteiger partial charge in [-0.05, 0) is 43.3 Å². The number of amides is 1. The Morgan fingerprint density at radius 2 is 1.69 bits per heavy atom. The summed E-state index contributed by atoms with van der Waals surface area (Å²) in [5.74, 6) is 1.07. The lowest BCUT2D eigenvalue weighted by Crippen LogP contribution is -2.27. The van der Waals surface area contributed by atoms with Crippen molar-refractivity contribution in [1.29, 1.82) is 0 Å². The smallest absolute Gasteiger partial charge is 0.257 e. The first kappa shape index (κ1) is 23.3. The molecule has 0 bridgehead atoms. The Kier molecular flexibility index (Phi) is 6.26. The molecule has 0 aliphatic heterocycles. The van der Waals surface area contributed by atoms with Crippen LogP contribution in [0.15, 0.2) is 83.3 Å². The molecule has 8 heteroatoms. The van der Waals surface area contributed by atoms with E-state index in [9.17, 15) is 10.0 Å². The van der Waals surface area contributed by atoms with E-state index >= 15 is 0 Å². The maximum atomic E-state index is 12.3. The lowest BCUT2D eigenvalue weighted by atomic mass is 10.1. The summed E-state index contributed by atoms with van der Waals surface area (Å²) in [7, 11) is 3.26. The fraction of sp³-hybridized carbons (Fsp3) is 0.179. The van der Waals surface area contributed by atoms with E-state index in [1.807, 2.05) is 90.5 Å². The molecule has 1 N–H and O–H groups in total. The average Bonchev–Trinajstić information content (AvgIpc) is 3.49. The molecule has 1 atom stereocenters. The van der Waals surface area contributed by atoms with Crippen LogP contribution in [0.2, 0.25) is 0 Å². The summed E-state index contributed by atoms with van der Waals surface area (Å²) in [6, 6.07) is 25.1. The number of rotatable bonds is 7. The Morgan fingerprint density at radius 3 is 2.39 bits per heavy atom. The summed E-state index contributed by atoms with van der Waals surface area (Å²) < 4.78 is 14.1. The standard InChI is InChI=1S/C28H26N4O4/c1-18(28(33)32(3)34)27-30-25(26(36-27)20-9-5-4-6-10-20)19-13-15-21(16-14-19)35-17-24-29-22-11-7-8-12-23(22)31(24)2/h4-16,18,34H,17H2,1-3H3. The number of aryl methyl sites for hydroxylation is 1. The number of carbonyl (C=O) groups excluding carboxylic acids is 1. The van der Waals surface area contributed by atoms with Gasteiger partial charge in [0.25, 0.3) is 5.91 Å². The minimum Gasteiger partial charge on any atom is -0.486 e. The van der Waals surface area contributed by atoms with Gasteiger partial charge in [0.05, 0.1) is 11.0 Å². The molecule has 0 spiro atoms. The maximum absolute atomic E-state index is 12.3. The zero-order valence-corrected chi connectivity index (χ0v) is 20.3. The molecule has 0 radical (unpaired) electrons. The molecule has 0 saturated heterocycles. The normalized spacial score (nSPS) is 12.0. The van der Waals surface area contributed by atoms with Crippen LogP contribution in [0.1, 0.15) is 24.6 Å². The molecule has 5 rings (SSSR count). The van der Waals surface area contributed by atoms with E-state index in [-0.39, 0.29) is 5.89 Å². The molecule has 1 unspecified atom stereocenters. The van der Waals surface area contributed by atoms with Crippen LogP contribution in [0, 0.1) is 0 Å². The minimum atomic E-state index is -0.743. The lowest BCUT2D eigenvalue weighted by molar-refractivity contribution is -0.161. The SMILES string of the molecule is CC(C(=O)N(C)O)c1nc(-c2ccc(OCc3nc4ccccc4n3C)cc2)c(-c2ccccc2)o1. The number of nitrogens with zero attached hydrogens (tertiary/aromatic N) is 4. The molecular weight excluding hydrogens is 456 g/mol. The molecule has 0 aliphatic rings. The van der Waals surface area contributed by atoms with Crippen molar-refractivity contribution in [2.45, 2.75) is 19.4 Å². The van der Waals surface area contributed by atoms with Gasteiger partial charge in [0.2, 0.25) is 5.89 Å². The number of para-hydroxylation sites is 2. The molecule has 2 aromatic heterocycles. The van der Waals surface area contributed by atoms with Crippen molar-refractivity contribution in [1.82, 2.24) is 19.6 Å². The van der Waals surface area contributed by atoms with E-state index in [0.717, 1.165) is 28.0 Å². The summed E-state index contributed by atoms with van der Waals surface area (Å²) in [6.07, 6.45) is 0. The van der Waals surface area contributed by atoms with Crippen LogP contribution >= 0.6 is 0 Å². The Labute approximate surface area is 208 Å². The van der Waals surface area contributed by atoms with Gasteiger partial charge in [-0.1, -0.05) is 42.5 Å². The number of hydrogen-bond donors (Lipinski definition) is 1. The zero-order chi connectivity index (χ0) is 25.2. The number of hydroxylamine groups is 2. The molecule has 0 saturated carbocycles. The third-order valence-corrected chi connectivity index (χ3v) is 6.11. The van der Waals surface area contributed by atoms with Crippen molar-refractivity contribution in [2.24, 2.45) is 7.05 Å². The number of benzene rings is 3. The van der Waals surface area contributed by atoms with Crippen molar-refractivity contribution < 1.29 is 19.2 Å². The molecule has 2 heterocycles. The van der Waals surface area contributed by atoms with E-state index in [1.54, 1.807) is 6.92 Å². The Bertz CT molecular complexity index is 1500. The molecule has 36 heavy (non-hydrogen) atoms. The zero-order valence-electron chi connectivity index (χ0n) is 20.3. The highest BCUT2D eigenvalue weighted by molar-refractivity contribution is 5.82. The summed E-state index contributed by atoms with van der Waals surface area (Å²) in [4.78, 5) is 21.6. The van der Waals surface area contributed by atoms with Crippen molar-refractivity contribution in [3.63, 3.8) is 0 Å². The molecule has 182 valence electrons. The Morgan fingerprint density at radius 1 is 1.00 bits per heavy atom. The van der Waals surface area contributed by atoms with Crippen LogP contribution in [0.4, 0.5) is 0 Å². The molecule has 0 fully saturated rings. The van der Waals surface area contributed by atoms with Gasteiger partial charge in [-0.15, -0.1) is 0 Å². The Hall–Kier alpha value is -4.43. The second-order valence-corrected chi connectivity index (χ2v) is 8.57. The van der Waals surface area contributed by atoms with Crippen molar-refractivity contribution in [2.75, 3.05) is 7.05 Å². The van der Waals surface area contributed by atoms with Crippen molar-refractivity contribution in [3.05, 3.63) is 90.6 Å². The fourth-order valence-corrected chi connectivity index (χ4v) is 4.07. The first-order valence-electron chi connectivity index (χ1n) is 11.6. The number of likely N-dealkylation sites (N-methyl/N-ethyl adjacent to an activating group) is 1. The van der Waals surface area contributed by atoms with E-state index in [1.165, 1.54) is 7.05 Å². The van der Waals surface area contributed by atoms with E-state index in [2.05, 4.69) is 9.97 Å². The summed E-state index contributed by atoms with van der Waals surface area (Å²) >= 11 is 0. The van der Waals surface area contributed by atoms with E-state index in [4.69, 9.17) is 9.15 Å². The summed E-state index contributed by atoms with van der Waals surface area (Å²) in [6.45, 7) is 1.99. The monoisotopic (exact) mass is 482 g/mol. The van der Waals surface area contributed by atoms with Gasteiger partial charge in [0.15, 0.2) is 5.76 Å². The summed E-state index contributed by atoms with van der Waals surface area (Å²) in [5.41, 5.74) is 4.26. The number of fused-ring (bicyclic) bond motifs is 1. The van der Waals surface area contributed by atoms with Crippen LogP contribution in [0.3, 0.4) is 0 Å². The quantitative estimate of drug-likeness (QED) is 0.246. The van der Waals surface area contributed by atoms with Crippen LogP contribution in [0.5, 0.6) is 5.75 Å². The molecule has 1 amide bonds. The van der Waals surface area contributed by atoms with Gasteiger partial charge in [-0.3, -0.25) is 10.0 Å². The van der Waals surface area contributed by atoms with Gasteiger partial charge >= 0.3 is 0 Å². The van der Waals surface area contributed by atoms with E-state index in [0.29, 0.717) is 28.9 Å². The molecule has 8 nitrogen and oxygen atoms in total. The molecule has 3 aromatic carbocycles. The number of aromatic nitrogens is 3. The predicted octanol–water partition coefficient (Wildman–Crippen LogP) is 5.43. The lowest BCUT2D eigenvalue weighted by Gasteiger charge is -2.11. The number of ether oxygens (including phenoxy) is 1. The Balaban J connectivity index is 1.41. The average molecular weight is 483 g/mol. The first-order valence-corrected chi connectivity index (χ1v) is 11.6. The summed E-state index contributed by atoms with van der Waals surface area (Å²) in [5, 5.41) is 10.1. The first-order chi connectivity index (χ1) is 17.4. The second kappa shape index (κ2) is 9.67. The molecule has 5 aromatic rings. The van der Waals surface area contributed by atoms with Crippen LogP contribution < -0.4 is 4.74 Å². The van der Waals surface area contributed by atoms with Crippen molar-refractivity contribution >= 4 is 16.9 Å². The van der Waals surface area contributed by atoms with Gasteiger partial charge in [0.1, 0.15) is 29.8 Å². The predicted molar refractivity (Wildman–Crippen MR) is 135 cm³/mol. The van der Waals surface area contributed by atoms with Crippen molar-refractivity contribution in [3.8, 4) is 28.3 Å². The van der Waals surface area contributed by atoms with Gasteiger partial charge in [-0.25, -0.2) is 15.0 Å². The fourth-order valence-electron chi connectivity index (χ4n) is 4.07. The van der Waals surface area contributed by atoms with E-state index < -0.39 is 11.8 Å². The number of oxazole rings is 1. The topological polar surface area (TPSA) is 93.6 Å². The number of carbonyl (C=O) groups is 1. The van der Waals surface area contributed by atoms with Gasteiger partial charge in [0, 0.05) is 25.2 Å². The van der Waals surface area contributed by atoms with Crippen LogP contribution in [-0.2, 0) is 18.4 Å². The van der Waals surface area contributed by atoms with Gasteiger partial charge in [-0.2, -0.15) is 0 Å². The highest BCUT2D eigenvalue weighted by Gasteiger charge is 2.26. The highest BCUT2D eigenvalue weighted by Crippen LogP contribution is 2.35. The third-order valence-electron chi connectivity index (χ3n) is 6.11. The molecular formula is C28H26N4O4. The second-order valence-electron chi connectivity index (χ2n) is 8.57. The van der Waals surface area contributed by atoms with Crippen LogP contribution in [0.25, 0.3) is 33.6 Å². The van der Waals surface area contributed by atoms with Gasteiger partial charge < -0.3 is 13.7 Å². The largest absolute Gasteiger partial charge is 0.486 e. The molecule has 0 aliphatic carbocycles.